The number of rotatable bonds is 4. The number of hydrogen-bond donors (Lipinski definition) is 2. The second kappa shape index (κ2) is 5.35. The molecule has 94 valence electrons. The van der Waals surface area contributed by atoms with Crippen LogP contribution in [0.2, 0.25) is 0 Å². The average molecular weight is 244 g/mol. The normalized spacial score (nSPS) is 10.1. The molecule has 18 heavy (non-hydrogen) atoms. The minimum atomic E-state index is 0.281. The molecule has 0 radical (unpaired) electrons. The van der Waals surface area contributed by atoms with E-state index in [2.05, 4.69) is 15.3 Å². The Labute approximate surface area is 106 Å². The number of benzene rings is 1. The van der Waals surface area contributed by atoms with Crippen molar-refractivity contribution in [1.82, 2.24) is 9.97 Å². The monoisotopic (exact) mass is 244 g/mol. The fourth-order valence-electron chi connectivity index (χ4n) is 1.66. The highest BCUT2D eigenvalue weighted by Crippen LogP contribution is 2.14. The van der Waals surface area contributed by atoms with E-state index in [-0.39, 0.29) is 5.95 Å². The van der Waals surface area contributed by atoms with Gasteiger partial charge < -0.3 is 15.8 Å². The largest absolute Gasteiger partial charge is 0.497 e. The summed E-state index contributed by atoms with van der Waals surface area (Å²) in [7, 11) is 1.65. The first-order chi connectivity index (χ1) is 8.67. The van der Waals surface area contributed by atoms with Crippen molar-refractivity contribution < 1.29 is 4.74 Å². The number of nitrogen functional groups attached to an aromatic ring is 1. The quantitative estimate of drug-likeness (QED) is 0.860. The zero-order chi connectivity index (χ0) is 13.0. The van der Waals surface area contributed by atoms with E-state index in [0.717, 1.165) is 22.8 Å². The third-order valence-electron chi connectivity index (χ3n) is 2.48. The molecule has 3 N–H and O–H groups in total. The number of methoxy groups -OCH3 is 1. The maximum Gasteiger partial charge on any atom is 0.222 e. The van der Waals surface area contributed by atoms with E-state index in [9.17, 15) is 0 Å². The summed E-state index contributed by atoms with van der Waals surface area (Å²) in [4.78, 5) is 8.14. The van der Waals surface area contributed by atoms with Gasteiger partial charge in [-0.2, -0.15) is 4.98 Å². The average Bonchev–Trinajstić information content (AvgIpc) is 2.35. The lowest BCUT2D eigenvalue weighted by atomic mass is 10.2. The second-order valence-corrected chi connectivity index (χ2v) is 3.96. The number of ether oxygens (including phenoxy) is 1. The summed E-state index contributed by atoms with van der Waals surface area (Å²) in [6.07, 6.45) is 0. The molecule has 0 fully saturated rings. The highest BCUT2D eigenvalue weighted by molar-refractivity contribution is 5.41. The minimum Gasteiger partial charge on any atom is -0.497 e. The molecule has 0 spiro atoms. The van der Waals surface area contributed by atoms with Crippen LogP contribution in [0.1, 0.15) is 11.3 Å². The molecular formula is C13H16N4O. The molecule has 0 aliphatic carbocycles. The SMILES string of the molecule is COc1cccc(CNc2cc(C)nc(N)n2)c1. The van der Waals surface area contributed by atoms with Gasteiger partial charge in [0.25, 0.3) is 0 Å². The summed E-state index contributed by atoms with van der Waals surface area (Å²) in [6, 6.07) is 9.72. The maximum absolute atomic E-state index is 5.59. The highest BCUT2D eigenvalue weighted by atomic mass is 16.5. The van der Waals surface area contributed by atoms with E-state index < -0.39 is 0 Å². The molecule has 2 rings (SSSR count). The van der Waals surface area contributed by atoms with Crippen molar-refractivity contribution in [2.45, 2.75) is 13.5 Å². The molecule has 5 nitrogen and oxygen atoms in total. The number of nitrogens with zero attached hydrogens (tertiary/aromatic N) is 2. The van der Waals surface area contributed by atoms with Crippen LogP contribution in [0.15, 0.2) is 30.3 Å². The van der Waals surface area contributed by atoms with Crippen LogP contribution in [0.5, 0.6) is 5.75 Å². The van der Waals surface area contributed by atoms with Crippen molar-refractivity contribution in [3.8, 4) is 5.75 Å². The molecule has 0 bridgehead atoms. The van der Waals surface area contributed by atoms with Crippen molar-refractivity contribution >= 4 is 11.8 Å². The Morgan fingerprint density at radius 3 is 2.83 bits per heavy atom. The molecule has 5 heteroatoms. The molecule has 1 aromatic heterocycles. The maximum atomic E-state index is 5.59. The van der Waals surface area contributed by atoms with E-state index in [1.165, 1.54) is 0 Å². The fourth-order valence-corrected chi connectivity index (χ4v) is 1.66. The highest BCUT2D eigenvalue weighted by Gasteiger charge is 2.00. The molecule has 0 aliphatic rings. The summed E-state index contributed by atoms with van der Waals surface area (Å²) in [5.41, 5.74) is 7.55. The van der Waals surface area contributed by atoms with Gasteiger partial charge in [-0.1, -0.05) is 12.1 Å². The molecular weight excluding hydrogens is 228 g/mol. The predicted octanol–water partition coefficient (Wildman–Crippen LogP) is 1.99. The minimum absolute atomic E-state index is 0.281. The zero-order valence-corrected chi connectivity index (χ0v) is 10.5. The lowest BCUT2D eigenvalue weighted by molar-refractivity contribution is 0.414. The van der Waals surface area contributed by atoms with Crippen LogP contribution < -0.4 is 15.8 Å². The van der Waals surface area contributed by atoms with Gasteiger partial charge in [0.1, 0.15) is 11.6 Å². The van der Waals surface area contributed by atoms with Crippen molar-refractivity contribution in [3.63, 3.8) is 0 Å². The van der Waals surface area contributed by atoms with Crippen LogP contribution in [0.3, 0.4) is 0 Å². The summed E-state index contributed by atoms with van der Waals surface area (Å²) in [5.74, 6) is 1.85. The Bertz CT molecular complexity index is 522. The fraction of sp³-hybridized carbons (Fsp3) is 0.231. The lowest BCUT2D eigenvalue weighted by Crippen LogP contribution is -2.05. The third-order valence-corrected chi connectivity index (χ3v) is 2.48. The van der Waals surface area contributed by atoms with Gasteiger partial charge in [0.05, 0.1) is 7.11 Å². The molecule has 0 saturated carbocycles. The van der Waals surface area contributed by atoms with Crippen molar-refractivity contribution in [1.29, 1.82) is 0 Å². The molecule has 1 heterocycles. The van der Waals surface area contributed by atoms with Crippen LogP contribution in [-0.4, -0.2) is 17.1 Å². The molecule has 2 aromatic rings. The van der Waals surface area contributed by atoms with Crippen molar-refractivity contribution in [2.75, 3.05) is 18.2 Å². The van der Waals surface area contributed by atoms with Gasteiger partial charge in [-0.3, -0.25) is 0 Å². The number of anilines is 2. The topological polar surface area (TPSA) is 73.1 Å². The van der Waals surface area contributed by atoms with Gasteiger partial charge >= 0.3 is 0 Å². The Morgan fingerprint density at radius 2 is 2.11 bits per heavy atom. The lowest BCUT2D eigenvalue weighted by Gasteiger charge is -2.08. The number of nitrogens with one attached hydrogen (secondary N) is 1. The number of hydrogen-bond acceptors (Lipinski definition) is 5. The first-order valence-electron chi connectivity index (χ1n) is 5.65. The smallest absolute Gasteiger partial charge is 0.222 e. The van der Waals surface area contributed by atoms with E-state index in [4.69, 9.17) is 10.5 Å². The van der Waals surface area contributed by atoms with E-state index >= 15 is 0 Å². The Balaban J connectivity index is 2.06. The third kappa shape index (κ3) is 3.10. The van der Waals surface area contributed by atoms with E-state index in [1.807, 2.05) is 37.3 Å². The number of nitrogens with two attached hydrogens (primary N) is 1. The second-order valence-electron chi connectivity index (χ2n) is 3.96. The molecule has 1 aromatic carbocycles. The van der Waals surface area contributed by atoms with Gasteiger partial charge in [0.15, 0.2) is 0 Å². The Morgan fingerprint density at radius 1 is 1.28 bits per heavy atom. The van der Waals surface area contributed by atoms with Crippen LogP contribution in [0, 0.1) is 6.92 Å². The zero-order valence-electron chi connectivity index (χ0n) is 10.5. The van der Waals surface area contributed by atoms with Crippen LogP contribution >= 0.6 is 0 Å². The van der Waals surface area contributed by atoms with Crippen molar-refractivity contribution in [2.24, 2.45) is 0 Å². The molecule has 0 atom stereocenters. The Kier molecular flexibility index (Phi) is 3.62. The molecule has 0 amide bonds. The van der Waals surface area contributed by atoms with Gasteiger partial charge in [-0.25, -0.2) is 4.98 Å². The van der Waals surface area contributed by atoms with Gasteiger partial charge in [-0.15, -0.1) is 0 Å². The summed E-state index contributed by atoms with van der Waals surface area (Å²) in [6.45, 7) is 2.54. The van der Waals surface area contributed by atoms with Crippen LogP contribution in [-0.2, 0) is 6.54 Å². The van der Waals surface area contributed by atoms with Crippen LogP contribution in [0.4, 0.5) is 11.8 Å². The van der Waals surface area contributed by atoms with Gasteiger partial charge in [0, 0.05) is 18.3 Å². The first-order valence-corrected chi connectivity index (χ1v) is 5.65. The first kappa shape index (κ1) is 12.2. The van der Waals surface area contributed by atoms with Crippen molar-refractivity contribution in [3.05, 3.63) is 41.6 Å². The van der Waals surface area contributed by atoms with Gasteiger partial charge in [0.2, 0.25) is 5.95 Å². The summed E-state index contributed by atoms with van der Waals surface area (Å²) >= 11 is 0. The van der Waals surface area contributed by atoms with E-state index in [1.54, 1.807) is 7.11 Å². The number of aryl methyl sites for hydroxylation is 1. The molecule has 0 unspecified atom stereocenters. The summed E-state index contributed by atoms with van der Waals surface area (Å²) < 4.78 is 5.17. The Hall–Kier alpha value is -2.30. The van der Waals surface area contributed by atoms with Gasteiger partial charge in [-0.05, 0) is 24.6 Å². The standard InChI is InChI=1S/C13H16N4O/c1-9-6-12(17-13(14)16-9)15-8-10-4-3-5-11(7-10)18-2/h3-7H,8H2,1-2H3,(H3,14,15,16,17). The number of aromatic nitrogens is 2. The predicted molar refractivity (Wildman–Crippen MR) is 71.5 cm³/mol. The van der Waals surface area contributed by atoms with Crippen LogP contribution in [0.25, 0.3) is 0 Å². The summed E-state index contributed by atoms with van der Waals surface area (Å²) in [5, 5.41) is 3.21. The molecule has 0 saturated heterocycles. The van der Waals surface area contributed by atoms with E-state index in [0.29, 0.717) is 6.54 Å². The molecule has 0 aliphatic heterocycles.